The van der Waals surface area contributed by atoms with Crippen molar-refractivity contribution < 1.29 is 9.34 Å². The molecule has 0 fully saturated rings. The summed E-state index contributed by atoms with van der Waals surface area (Å²) in [5.74, 6) is -0.0745. The van der Waals surface area contributed by atoms with E-state index in [4.69, 9.17) is 16.6 Å². The maximum absolute atomic E-state index is 10.3. The summed E-state index contributed by atoms with van der Waals surface area (Å²) in [5.41, 5.74) is 2.52. The van der Waals surface area contributed by atoms with Gasteiger partial charge in [-0.2, -0.15) is 5.10 Å². The Hall–Kier alpha value is -2.22. The topological polar surface area (TPSA) is 92.7 Å². The van der Waals surface area contributed by atoms with Crippen LogP contribution in [-0.2, 0) is 0 Å². The lowest BCUT2D eigenvalue weighted by Crippen LogP contribution is -2.31. The number of nitro groups is 1. The lowest BCUT2D eigenvalue weighted by molar-refractivity contribution is -0.402. The van der Waals surface area contributed by atoms with Crippen LogP contribution >= 0.6 is 12.2 Å². The Morgan fingerprint density at radius 1 is 1.71 bits per heavy atom. The Bertz CT molecular complexity index is 455. The van der Waals surface area contributed by atoms with Crippen LogP contribution in [0.15, 0.2) is 34.3 Å². The van der Waals surface area contributed by atoms with Crippen molar-refractivity contribution in [2.45, 2.75) is 0 Å². The molecule has 0 unspecified atom stereocenters. The summed E-state index contributed by atoms with van der Waals surface area (Å²) in [5, 5.41) is 17.2. The van der Waals surface area contributed by atoms with E-state index in [-0.39, 0.29) is 11.6 Å². The Balaban J connectivity index is 2.44. The van der Waals surface area contributed by atoms with E-state index in [1.165, 1.54) is 18.3 Å². The largest absolute Gasteiger partial charge is 0.433 e. The van der Waals surface area contributed by atoms with E-state index < -0.39 is 4.92 Å². The molecule has 1 aromatic rings. The summed E-state index contributed by atoms with van der Waals surface area (Å²) in [7, 11) is 0. The molecule has 0 aromatic carbocycles. The molecule has 0 radical (unpaired) electrons. The van der Waals surface area contributed by atoms with Crippen LogP contribution in [-0.4, -0.2) is 22.8 Å². The second-order valence-corrected chi connectivity index (χ2v) is 3.21. The van der Waals surface area contributed by atoms with Gasteiger partial charge in [-0.3, -0.25) is 15.5 Å². The summed E-state index contributed by atoms with van der Waals surface area (Å²) in [6.45, 7) is 4.03. The molecule has 0 saturated heterocycles. The Kier molecular flexibility index (Phi) is 4.82. The van der Waals surface area contributed by atoms with Crippen LogP contribution < -0.4 is 10.7 Å². The molecule has 0 saturated carbocycles. The minimum Gasteiger partial charge on any atom is -0.400 e. The van der Waals surface area contributed by atoms with Gasteiger partial charge in [0.1, 0.15) is 4.92 Å². The molecule has 0 aliphatic heterocycles. The van der Waals surface area contributed by atoms with Gasteiger partial charge in [0.25, 0.3) is 0 Å². The maximum atomic E-state index is 10.3. The first kappa shape index (κ1) is 12.8. The predicted molar refractivity (Wildman–Crippen MR) is 66.9 cm³/mol. The molecule has 7 nitrogen and oxygen atoms in total. The van der Waals surface area contributed by atoms with Crippen molar-refractivity contribution in [3.8, 4) is 0 Å². The monoisotopic (exact) mass is 254 g/mol. The first-order valence-electron chi connectivity index (χ1n) is 4.55. The molecule has 1 heterocycles. The van der Waals surface area contributed by atoms with E-state index in [0.29, 0.717) is 11.7 Å². The molecule has 1 rings (SSSR count). The van der Waals surface area contributed by atoms with E-state index in [0.717, 1.165) is 0 Å². The first-order chi connectivity index (χ1) is 8.13. The number of furan rings is 1. The Morgan fingerprint density at radius 3 is 3.06 bits per heavy atom. The van der Waals surface area contributed by atoms with E-state index in [9.17, 15) is 10.1 Å². The smallest absolute Gasteiger partial charge is 0.400 e. The molecular weight excluding hydrogens is 244 g/mol. The average Bonchev–Trinajstić information content (AvgIpc) is 2.75. The second kappa shape index (κ2) is 6.38. The maximum Gasteiger partial charge on any atom is 0.433 e. The van der Waals surface area contributed by atoms with Gasteiger partial charge in [0.05, 0.1) is 12.3 Å². The van der Waals surface area contributed by atoms with Gasteiger partial charge >= 0.3 is 5.88 Å². The van der Waals surface area contributed by atoms with Gasteiger partial charge in [0, 0.05) is 6.54 Å². The molecule has 1 aromatic heterocycles. The van der Waals surface area contributed by atoms with Crippen LogP contribution in [0.1, 0.15) is 5.76 Å². The molecule has 0 aliphatic rings. The number of nitrogens with one attached hydrogen (secondary N) is 2. The third kappa shape index (κ3) is 4.43. The molecule has 17 heavy (non-hydrogen) atoms. The highest BCUT2D eigenvalue weighted by Gasteiger charge is 2.09. The minimum absolute atomic E-state index is 0.260. The lowest BCUT2D eigenvalue weighted by Gasteiger charge is -2.02. The normalized spacial score (nSPS) is 10.1. The summed E-state index contributed by atoms with van der Waals surface area (Å²) in [6, 6.07) is 2.68. The van der Waals surface area contributed by atoms with E-state index >= 15 is 0 Å². The third-order valence-electron chi connectivity index (χ3n) is 1.56. The fourth-order valence-electron chi connectivity index (χ4n) is 0.869. The summed E-state index contributed by atoms with van der Waals surface area (Å²) in [4.78, 5) is 9.70. The zero-order valence-electron chi connectivity index (χ0n) is 8.75. The van der Waals surface area contributed by atoms with E-state index in [1.54, 1.807) is 6.08 Å². The van der Waals surface area contributed by atoms with Gasteiger partial charge in [-0.05, 0) is 18.3 Å². The van der Waals surface area contributed by atoms with Crippen LogP contribution in [0.2, 0.25) is 0 Å². The number of rotatable bonds is 5. The van der Waals surface area contributed by atoms with Crippen molar-refractivity contribution in [1.29, 1.82) is 0 Å². The van der Waals surface area contributed by atoms with Gasteiger partial charge in [-0.15, -0.1) is 6.58 Å². The van der Waals surface area contributed by atoms with Crippen molar-refractivity contribution in [2.75, 3.05) is 6.54 Å². The molecule has 0 amide bonds. The average molecular weight is 254 g/mol. The summed E-state index contributed by atoms with van der Waals surface area (Å²) >= 11 is 4.86. The standard InChI is InChI=1S/C9H10N4O3S/c1-2-5-10-9(17)12-11-6-7-3-4-8(16-7)13(14)15/h2-4,6H,1,5H2,(H2,10,12,17)/b11-6+. The molecule has 2 N–H and O–H groups in total. The van der Waals surface area contributed by atoms with Crippen molar-refractivity contribution >= 4 is 29.4 Å². The lowest BCUT2D eigenvalue weighted by atomic mass is 10.5. The van der Waals surface area contributed by atoms with Crippen LogP contribution in [0.3, 0.4) is 0 Å². The van der Waals surface area contributed by atoms with Crippen molar-refractivity contribution in [3.63, 3.8) is 0 Å². The highest BCUT2D eigenvalue weighted by atomic mass is 32.1. The zero-order chi connectivity index (χ0) is 12.7. The van der Waals surface area contributed by atoms with Crippen LogP contribution in [0.25, 0.3) is 0 Å². The highest BCUT2D eigenvalue weighted by molar-refractivity contribution is 7.80. The molecule has 90 valence electrons. The number of hydrogen-bond acceptors (Lipinski definition) is 5. The second-order valence-electron chi connectivity index (χ2n) is 2.80. The quantitative estimate of drug-likeness (QED) is 0.269. The van der Waals surface area contributed by atoms with Gasteiger partial charge < -0.3 is 9.73 Å². The zero-order valence-corrected chi connectivity index (χ0v) is 9.57. The van der Waals surface area contributed by atoms with Crippen molar-refractivity contribution in [1.82, 2.24) is 10.7 Å². The molecule has 0 bridgehead atoms. The number of nitrogens with zero attached hydrogens (tertiary/aromatic N) is 2. The SMILES string of the molecule is C=CCNC(=S)N/N=C/c1ccc([N+](=O)[O-])o1. The summed E-state index contributed by atoms with van der Waals surface area (Å²) < 4.78 is 4.84. The van der Waals surface area contributed by atoms with Gasteiger partial charge in [0.15, 0.2) is 10.9 Å². The van der Waals surface area contributed by atoms with E-state index in [2.05, 4.69) is 22.4 Å². The molecule has 8 heteroatoms. The third-order valence-corrected chi connectivity index (χ3v) is 1.79. The van der Waals surface area contributed by atoms with Crippen LogP contribution in [0.4, 0.5) is 5.88 Å². The van der Waals surface area contributed by atoms with Gasteiger partial charge in [0.2, 0.25) is 0 Å². The molecule has 0 atom stereocenters. The first-order valence-corrected chi connectivity index (χ1v) is 4.96. The van der Waals surface area contributed by atoms with E-state index in [1.807, 2.05) is 0 Å². The number of hydrogen-bond donors (Lipinski definition) is 2. The predicted octanol–water partition coefficient (Wildman–Crippen LogP) is 1.17. The van der Waals surface area contributed by atoms with Gasteiger partial charge in [-0.1, -0.05) is 6.08 Å². The van der Waals surface area contributed by atoms with Crippen molar-refractivity contribution in [2.24, 2.45) is 5.10 Å². The minimum atomic E-state index is -0.624. The summed E-state index contributed by atoms with van der Waals surface area (Å²) in [6.07, 6.45) is 2.93. The molecular formula is C9H10N4O3S. The molecule has 0 spiro atoms. The number of thiocarbonyl (C=S) groups is 1. The molecule has 0 aliphatic carbocycles. The van der Waals surface area contributed by atoms with Crippen LogP contribution in [0.5, 0.6) is 0 Å². The fourth-order valence-corrected chi connectivity index (χ4v) is 1.00. The van der Waals surface area contributed by atoms with Crippen LogP contribution in [0, 0.1) is 10.1 Å². The highest BCUT2D eigenvalue weighted by Crippen LogP contribution is 2.13. The Labute approximate surface area is 102 Å². The number of hydrazone groups is 1. The fraction of sp³-hybridized carbons (Fsp3) is 0.111. The van der Waals surface area contributed by atoms with Gasteiger partial charge in [-0.25, -0.2) is 0 Å². The Morgan fingerprint density at radius 2 is 2.47 bits per heavy atom. The van der Waals surface area contributed by atoms with Crippen molar-refractivity contribution in [3.05, 3.63) is 40.7 Å².